The third-order valence-corrected chi connectivity index (χ3v) is 8.16. The van der Waals surface area contributed by atoms with Gasteiger partial charge in [-0.25, -0.2) is 0 Å². The zero-order valence-electron chi connectivity index (χ0n) is 17.8. The van der Waals surface area contributed by atoms with Gasteiger partial charge >= 0.3 is 5.97 Å². The summed E-state index contributed by atoms with van der Waals surface area (Å²) in [4.78, 5) is 14.6. The van der Waals surface area contributed by atoms with E-state index in [1.165, 1.54) is 5.56 Å². The molecule has 0 aliphatic carbocycles. The predicted octanol–water partition coefficient (Wildman–Crippen LogP) is 6.04. The first-order chi connectivity index (χ1) is 14.8. The molecule has 4 nitrogen and oxygen atoms in total. The number of benzene rings is 2. The fraction of sp³-hybridized carbons (Fsp3) is 0.458. The van der Waals surface area contributed by atoms with E-state index in [1.54, 1.807) is 18.7 Å². The van der Waals surface area contributed by atoms with Crippen LogP contribution in [0, 0.1) is 12.8 Å². The zero-order chi connectivity index (χ0) is 22.2. The third-order valence-electron chi connectivity index (χ3n) is 6.46. The van der Waals surface area contributed by atoms with Crippen LogP contribution in [-0.4, -0.2) is 42.2 Å². The Labute approximate surface area is 197 Å². The molecule has 166 valence electrons. The fourth-order valence-electron chi connectivity index (χ4n) is 4.51. The predicted molar refractivity (Wildman–Crippen MR) is 127 cm³/mol. The van der Waals surface area contributed by atoms with Gasteiger partial charge in [0.2, 0.25) is 0 Å². The molecule has 31 heavy (non-hydrogen) atoms. The number of likely N-dealkylation sites (tertiary alicyclic amines) is 1. The average Bonchev–Trinajstić information content (AvgIpc) is 3.06. The number of fused-ring (bicyclic) bond motifs is 2. The normalized spacial score (nSPS) is 18.6. The fourth-order valence-corrected chi connectivity index (χ4v) is 6.37. The van der Waals surface area contributed by atoms with Gasteiger partial charge in [-0.15, -0.1) is 11.8 Å². The average molecular weight is 480 g/mol. The lowest BCUT2D eigenvalue weighted by Crippen LogP contribution is -2.45. The molecule has 1 unspecified atom stereocenters. The van der Waals surface area contributed by atoms with Crippen LogP contribution in [0.25, 0.3) is 0 Å². The van der Waals surface area contributed by atoms with Crippen molar-refractivity contribution in [1.29, 1.82) is 0 Å². The van der Waals surface area contributed by atoms with Crippen LogP contribution in [0.5, 0.6) is 5.75 Å². The number of aryl methyl sites for hydroxylation is 1. The Bertz CT molecular complexity index is 966. The summed E-state index contributed by atoms with van der Waals surface area (Å²) < 4.78 is 6.12. The molecule has 2 aliphatic rings. The molecule has 2 aromatic carbocycles. The molecular weight excluding hydrogens is 453 g/mol. The van der Waals surface area contributed by atoms with Gasteiger partial charge in [-0.2, -0.15) is 0 Å². The highest BCUT2D eigenvalue weighted by molar-refractivity contribution is 7.98. The maximum absolute atomic E-state index is 11.2. The quantitative estimate of drug-likeness (QED) is 0.511. The zero-order valence-corrected chi connectivity index (χ0v) is 20.1. The van der Waals surface area contributed by atoms with Gasteiger partial charge < -0.3 is 14.7 Å². The molecule has 0 amide bonds. The van der Waals surface area contributed by atoms with Crippen molar-refractivity contribution < 1.29 is 14.6 Å². The van der Waals surface area contributed by atoms with Crippen LogP contribution >= 0.6 is 35.0 Å². The molecule has 0 aromatic heterocycles. The first kappa shape index (κ1) is 22.8. The highest BCUT2D eigenvalue weighted by Gasteiger charge is 2.43. The Morgan fingerprint density at radius 3 is 2.55 bits per heavy atom. The molecule has 0 bridgehead atoms. The molecular formula is C24H27Cl2NO3S. The van der Waals surface area contributed by atoms with Crippen molar-refractivity contribution in [2.45, 2.75) is 42.8 Å². The highest BCUT2D eigenvalue weighted by Crippen LogP contribution is 2.47. The van der Waals surface area contributed by atoms with Crippen LogP contribution in [0.1, 0.15) is 36.5 Å². The summed E-state index contributed by atoms with van der Waals surface area (Å²) in [5.74, 6) is 0.612. The molecule has 4 rings (SSSR count). The van der Waals surface area contributed by atoms with Gasteiger partial charge in [0.25, 0.3) is 0 Å². The van der Waals surface area contributed by atoms with E-state index in [2.05, 4.69) is 23.1 Å². The van der Waals surface area contributed by atoms with Crippen molar-refractivity contribution in [1.82, 2.24) is 4.90 Å². The summed E-state index contributed by atoms with van der Waals surface area (Å²) in [6.45, 7) is 6.88. The van der Waals surface area contributed by atoms with Crippen molar-refractivity contribution in [2.24, 2.45) is 5.92 Å². The van der Waals surface area contributed by atoms with Crippen LogP contribution in [0.2, 0.25) is 10.0 Å². The van der Waals surface area contributed by atoms with E-state index in [4.69, 9.17) is 33.0 Å². The number of carbonyl (C=O) groups is 1. The summed E-state index contributed by atoms with van der Waals surface area (Å²) in [6.07, 6.45) is 1.99. The monoisotopic (exact) mass is 479 g/mol. The second-order valence-corrected chi connectivity index (χ2v) is 10.6. The van der Waals surface area contributed by atoms with E-state index < -0.39 is 5.97 Å². The van der Waals surface area contributed by atoms with Crippen molar-refractivity contribution in [3.8, 4) is 5.75 Å². The molecule has 2 heterocycles. The first-order valence-electron chi connectivity index (χ1n) is 10.6. The van der Waals surface area contributed by atoms with Crippen molar-refractivity contribution in [3.63, 3.8) is 0 Å². The number of carboxylic acid groups (broad SMARTS) is 1. The number of hydrogen-bond donors (Lipinski definition) is 1. The molecule has 2 aromatic rings. The lowest BCUT2D eigenvalue weighted by atomic mass is 9.74. The van der Waals surface area contributed by atoms with E-state index in [0.29, 0.717) is 28.9 Å². The van der Waals surface area contributed by atoms with Crippen LogP contribution in [-0.2, 0) is 16.0 Å². The number of nitrogens with zero attached hydrogens (tertiary/aromatic N) is 1. The largest absolute Gasteiger partial charge is 0.492 e. The minimum absolute atomic E-state index is 0.0467. The van der Waals surface area contributed by atoms with E-state index in [-0.39, 0.29) is 11.3 Å². The Hall–Kier alpha value is -1.40. The number of piperidine rings is 1. The number of aliphatic carboxylic acids is 1. The molecule has 1 fully saturated rings. The Kier molecular flexibility index (Phi) is 6.78. The van der Waals surface area contributed by atoms with Crippen molar-refractivity contribution in [2.75, 3.05) is 26.2 Å². The number of rotatable bonds is 6. The number of ether oxygens (including phenoxy) is 1. The van der Waals surface area contributed by atoms with E-state index in [0.717, 1.165) is 47.7 Å². The summed E-state index contributed by atoms with van der Waals surface area (Å²) in [5.41, 5.74) is 3.35. The SMILES string of the molecule is Cc1cc(Cl)c(CSc2ccc3c(c2)OCC32CCN(CC(C)C(=O)O)CC2)c(Cl)c1. The molecule has 1 atom stereocenters. The first-order valence-corrected chi connectivity index (χ1v) is 12.3. The number of carboxylic acids is 1. The van der Waals surface area contributed by atoms with Gasteiger partial charge in [0.1, 0.15) is 5.75 Å². The Balaban J connectivity index is 1.41. The van der Waals surface area contributed by atoms with Crippen LogP contribution in [0.3, 0.4) is 0 Å². The summed E-state index contributed by atoms with van der Waals surface area (Å²) in [7, 11) is 0. The third kappa shape index (κ3) is 4.85. The summed E-state index contributed by atoms with van der Waals surface area (Å²) in [6, 6.07) is 10.4. The van der Waals surface area contributed by atoms with Gasteiger partial charge in [0, 0.05) is 38.2 Å². The van der Waals surface area contributed by atoms with Crippen molar-refractivity contribution in [3.05, 3.63) is 57.1 Å². The molecule has 0 radical (unpaired) electrons. The van der Waals surface area contributed by atoms with Gasteiger partial charge in [-0.1, -0.05) is 36.2 Å². The van der Waals surface area contributed by atoms with Crippen LogP contribution in [0.15, 0.2) is 35.2 Å². The molecule has 0 saturated carbocycles. The van der Waals surface area contributed by atoms with Gasteiger partial charge in [-0.05, 0) is 68.2 Å². The van der Waals surface area contributed by atoms with Crippen LogP contribution < -0.4 is 4.74 Å². The maximum atomic E-state index is 11.2. The Morgan fingerprint density at radius 2 is 1.90 bits per heavy atom. The topological polar surface area (TPSA) is 49.8 Å². The molecule has 2 aliphatic heterocycles. The summed E-state index contributed by atoms with van der Waals surface area (Å²) in [5, 5.41) is 10.6. The summed E-state index contributed by atoms with van der Waals surface area (Å²) >= 11 is 14.5. The number of hydrogen-bond acceptors (Lipinski definition) is 4. The second kappa shape index (κ2) is 9.22. The van der Waals surface area contributed by atoms with Gasteiger partial charge in [-0.3, -0.25) is 4.79 Å². The maximum Gasteiger partial charge on any atom is 0.307 e. The lowest BCUT2D eigenvalue weighted by molar-refractivity contribution is -0.141. The second-order valence-electron chi connectivity index (χ2n) is 8.76. The standard InChI is InChI=1S/C24H27Cl2NO3S/c1-15-9-20(25)18(21(26)10-15)13-31-17-3-4-19-22(11-17)30-14-24(19)5-7-27(8-6-24)12-16(2)23(28)29/h3-4,9-11,16H,5-8,12-14H2,1-2H3,(H,28,29). The highest BCUT2D eigenvalue weighted by atomic mass is 35.5. The van der Waals surface area contributed by atoms with E-state index >= 15 is 0 Å². The minimum atomic E-state index is -0.729. The lowest BCUT2D eigenvalue weighted by Gasteiger charge is -2.39. The van der Waals surface area contributed by atoms with Gasteiger partial charge in [0.15, 0.2) is 0 Å². The molecule has 1 N–H and O–H groups in total. The van der Waals surface area contributed by atoms with Crippen molar-refractivity contribution >= 4 is 40.9 Å². The molecule has 1 saturated heterocycles. The Morgan fingerprint density at radius 1 is 1.23 bits per heavy atom. The van der Waals surface area contributed by atoms with Crippen LogP contribution in [0.4, 0.5) is 0 Å². The van der Waals surface area contributed by atoms with E-state index in [9.17, 15) is 4.79 Å². The number of thioether (sulfide) groups is 1. The van der Waals surface area contributed by atoms with Gasteiger partial charge in [0.05, 0.1) is 12.5 Å². The molecule has 1 spiro atoms. The molecule has 7 heteroatoms. The van der Waals surface area contributed by atoms with E-state index in [1.807, 2.05) is 19.1 Å². The minimum Gasteiger partial charge on any atom is -0.492 e. The smallest absolute Gasteiger partial charge is 0.307 e. The number of halogens is 2.